The topological polar surface area (TPSA) is 70.5 Å². The van der Waals surface area contributed by atoms with Crippen LogP contribution in [0.25, 0.3) is 6.08 Å². The van der Waals surface area contributed by atoms with Gasteiger partial charge in [0.15, 0.2) is 0 Å². The minimum absolute atomic E-state index is 0.0144. The van der Waals surface area contributed by atoms with Gasteiger partial charge >= 0.3 is 5.97 Å². The van der Waals surface area contributed by atoms with Gasteiger partial charge in [0, 0.05) is 12.7 Å². The molecule has 128 valence electrons. The van der Waals surface area contributed by atoms with E-state index in [-0.39, 0.29) is 17.5 Å². The zero-order valence-corrected chi connectivity index (χ0v) is 14.1. The van der Waals surface area contributed by atoms with E-state index in [4.69, 9.17) is 5.11 Å². The average Bonchev–Trinajstić information content (AvgIpc) is 3.09. The predicted octanol–water partition coefficient (Wildman–Crippen LogP) is 3.41. The predicted molar refractivity (Wildman–Crippen MR) is 95.5 cm³/mol. The molecule has 25 heavy (non-hydrogen) atoms. The van der Waals surface area contributed by atoms with Crippen LogP contribution >= 0.6 is 0 Å². The summed E-state index contributed by atoms with van der Waals surface area (Å²) in [6, 6.07) is 11.4. The van der Waals surface area contributed by atoms with Crippen molar-refractivity contribution >= 4 is 18.0 Å². The monoisotopic (exact) mass is 336 g/mol. The molecule has 0 spiro atoms. The van der Waals surface area contributed by atoms with Crippen LogP contribution in [0.5, 0.6) is 0 Å². The van der Waals surface area contributed by atoms with Crippen molar-refractivity contribution in [2.75, 3.05) is 6.54 Å². The fraction of sp³-hybridized carbons (Fsp3) is 0.250. The maximum atomic E-state index is 12.9. The Morgan fingerprint density at radius 1 is 1.28 bits per heavy atom. The first kappa shape index (κ1) is 16.9. The molecular weight excluding hydrogens is 316 g/mol. The molecule has 0 bridgehead atoms. The highest BCUT2D eigenvalue weighted by Gasteiger charge is 2.29. The number of rotatable bonds is 4. The summed E-state index contributed by atoms with van der Waals surface area (Å²) >= 11 is 0. The number of hydrogen-bond acceptors (Lipinski definition) is 3. The maximum absolute atomic E-state index is 12.9. The summed E-state index contributed by atoms with van der Waals surface area (Å²) in [7, 11) is 0. The second-order valence-electron chi connectivity index (χ2n) is 6.14. The van der Waals surface area contributed by atoms with Gasteiger partial charge in [0.2, 0.25) is 0 Å². The molecule has 1 aliphatic rings. The van der Waals surface area contributed by atoms with Gasteiger partial charge in [-0.25, -0.2) is 4.79 Å². The van der Waals surface area contributed by atoms with E-state index >= 15 is 0 Å². The number of carboxylic acids is 1. The van der Waals surface area contributed by atoms with Gasteiger partial charge in [0.25, 0.3) is 5.91 Å². The molecule has 0 aliphatic carbocycles. The first-order valence-electron chi connectivity index (χ1n) is 8.30. The van der Waals surface area contributed by atoms with Crippen molar-refractivity contribution < 1.29 is 14.7 Å². The van der Waals surface area contributed by atoms with Gasteiger partial charge in [-0.15, -0.1) is 0 Å². The Kier molecular flexibility index (Phi) is 4.93. The number of amides is 1. The van der Waals surface area contributed by atoms with Crippen molar-refractivity contribution in [2.45, 2.75) is 25.8 Å². The molecule has 1 aromatic heterocycles. The van der Waals surface area contributed by atoms with Crippen LogP contribution in [0, 0.1) is 6.92 Å². The Morgan fingerprint density at radius 2 is 2.04 bits per heavy atom. The van der Waals surface area contributed by atoms with Gasteiger partial charge in [0.1, 0.15) is 0 Å². The van der Waals surface area contributed by atoms with Crippen LogP contribution < -0.4 is 0 Å². The van der Waals surface area contributed by atoms with Crippen LogP contribution in [0.2, 0.25) is 0 Å². The van der Waals surface area contributed by atoms with Crippen LogP contribution in [0.1, 0.15) is 44.8 Å². The minimum atomic E-state index is -1.08. The van der Waals surface area contributed by atoms with Gasteiger partial charge in [-0.3, -0.25) is 9.78 Å². The van der Waals surface area contributed by atoms with Crippen molar-refractivity contribution in [2.24, 2.45) is 0 Å². The van der Waals surface area contributed by atoms with Crippen LogP contribution in [-0.4, -0.2) is 39.5 Å². The molecular formula is C20H20N2O3. The lowest BCUT2D eigenvalue weighted by Crippen LogP contribution is -2.35. The van der Waals surface area contributed by atoms with E-state index in [0.29, 0.717) is 17.8 Å². The maximum Gasteiger partial charge on any atom is 0.337 e. The van der Waals surface area contributed by atoms with E-state index in [0.717, 1.165) is 18.4 Å². The molecule has 1 N–H and O–H groups in total. The highest BCUT2D eigenvalue weighted by Crippen LogP contribution is 2.23. The smallest absolute Gasteiger partial charge is 0.337 e. The molecule has 1 fully saturated rings. The molecule has 2 heterocycles. The molecule has 1 unspecified atom stereocenters. The summed E-state index contributed by atoms with van der Waals surface area (Å²) in [5.74, 6) is -1.24. The third kappa shape index (κ3) is 3.76. The van der Waals surface area contributed by atoms with E-state index in [2.05, 4.69) is 4.98 Å². The Morgan fingerprint density at radius 3 is 2.76 bits per heavy atom. The Bertz CT molecular complexity index is 815. The number of aromatic carboxylic acids is 1. The van der Waals surface area contributed by atoms with Crippen molar-refractivity contribution in [3.8, 4) is 0 Å². The summed E-state index contributed by atoms with van der Waals surface area (Å²) in [4.78, 5) is 29.9. The van der Waals surface area contributed by atoms with Gasteiger partial charge in [0.05, 0.1) is 22.9 Å². The summed E-state index contributed by atoms with van der Waals surface area (Å²) in [5.41, 5.74) is 2.03. The molecule has 5 heteroatoms. The summed E-state index contributed by atoms with van der Waals surface area (Å²) < 4.78 is 0. The summed E-state index contributed by atoms with van der Waals surface area (Å²) in [6.07, 6.45) is 7.19. The van der Waals surface area contributed by atoms with Crippen molar-refractivity contribution in [1.29, 1.82) is 0 Å². The van der Waals surface area contributed by atoms with Crippen molar-refractivity contribution in [3.63, 3.8) is 0 Å². The van der Waals surface area contributed by atoms with Crippen LogP contribution in [0.3, 0.4) is 0 Å². The fourth-order valence-corrected chi connectivity index (χ4v) is 3.05. The number of nitrogens with zero attached hydrogens (tertiary/aromatic N) is 2. The standard InChI is InChI=1S/C20H20N2O3/c1-14-18(12-16(13-21-14)20(24)25)19(23)22-11-5-8-17(22)10-9-15-6-3-2-4-7-15/h2-4,6-7,9-10,12-13,17H,5,8,11H2,1H3,(H,24,25)/b10-9+. The van der Waals surface area contributed by atoms with Crippen molar-refractivity contribution in [3.05, 3.63) is 71.1 Å². The lowest BCUT2D eigenvalue weighted by Gasteiger charge is -2.23. The van der Waals surface area contributed by atoms with Crippen LogP contribution in [-0.2, 0) is 0 Å². The van der Waals surface area contributed by atoms with E-state index in [1.807, 2.05) is 42.5 Å². The normalized spacial score (nSPS) is 17.2. The number of pyridine rings is 1. The highest BCUT2D eigenvalue weighted by atomic mass is 16.4. The van der Waals surface area contributed by atoms with Crippen molar-refractivity contribution in [1.82, 2.24) is 9.88 Å². The molecule has 1 aliphatic heterocycles. The lowest BCUT2D eigenvalue weighted by atomic mass is 10.1. The third-order valence-corrected chi connectivity index (χ3v) is 4.43. The van der Waals surface area contributed by atoms with Crippen LogP contribution in [0.15, 0.2) is 48.7 Å². The third-order valence-electron chi connectivity index (χ3n) is 4.43. The van der Waals surface area contributed by atoms with E-state index < -0.39 is 5.97 Å². The average molecular weight is 336 g/mol. The number of benzene rings is 1. The molecule has 1 aromatic carbocycles. The molecule has 1 saturated heterocycles. The molecule has 3 rings (SSSR count). The zero-order valence-electron chi connectivity index (χ0n) is 14.1. The molecule has 2 aromatic rings. The fourth-order valence-electron chi connectivity index (χ4n) is 3.05. The van der Waals surface area contributed by atoms with Crippen LogP contribution in [0.4, 0.5) is 0 Å². The first-order valence-corrected chi connectivity index (χ1v) is 8.30. The number of likely N-dealkylation sites (tertiary alicyclic amines) is 1. The molecule has 5 nitrogen and oxygen atoms in total. The summed E-state index contributed by atoms with van der Waals surface area (Å²) in [6.45, 7) is 2.39. The quantitative estimate of drug-likeness (QED) is 0.929. The molecule has 1 atom stereocenters. The number of carboxylic acid groups (broad SMARTS) is 1. The van der Waals surface area contributed by atoms with Gasteiger partial charge in [-0.2, -0.15) is 0 Å². The highest BCUT2D eigenvalue weighted by molar-refractivity contribution is 5.98. The van der Waals surface area contributed by atoms with E-state index in [1.165, 1.54) is 12.3 Å². The Balaban J connectivity index is 1.82. The largest absolute Gasteiger partial charge is 0.478 e. The van der Waals surface area contributed by atoms with E-state index in [1.54, 1.807) is 11.8 Å². The molecule has 0 saturated carbocycles. The number of hydrogen-bond donors (Lipinski definition) is 1. The Hall–Kier alpha value is -2.95. The summed E-state index contributed by atoms with van der Waals surface area (Å²) in [5, 5.41) is 9.13. The lowest BCUT2D eigenvalue weighted by molar-refractivity contribution is 0.0696. The number of carbonyl (C=O) groups excluding carboxylic acids is 1. The Labute approximate surface area is 146 Å². The van der Waals surface area contributed by atoms with Gasteiger partial charge in [-0.05, 0) is 31.4 Å². The number of aryl methyl sites for hydroxylation is 1. The minimum Gasteiger partial charge on any atom is -0.478 e. The molecule has 0 radical (unpaired) electrons. The van der Waals surface area contributed by atoms with Gasteiger partial charge < -0.3 is 10.0 Å². The number of carbonyl (C=O) groups is 2. The number of aromatic nitrogens is 1. The first-order chi connectivity index (χ1) is 12.1. The second kappa shape index (κ2) is 7.30. The van der Waals surface area contributed by atoms with E-state index in [9.17, 15) is 9.59 Å². The zero-order chi connectivity index (χ0) is 17.8. The second-order valence-corrected chi connectivity index (χ2v) is 6.14. The molecule has 1 amide bonds. The van der Waals surface area contributed by atoms with Gasteiger partial charge in [-0.1, -0.05) is 42.5 Å². The SMILES string of the molecule is Cc1ncc(C(=O)O)cc1C(=O)N1CCCC1/C=C/c1ccccc1.